The normalized spacial score (nSPS) is 11.7. The predicted octanol–water partition coefficient (Wildman–Crippen LogP) is 5.48. The SMILES string of the molecule is Fc1c[c-]c2c(c1)c1ccccc1n1c2nc2c3ccccc3oc21.[Ir]. The fourth-order valence-corrected chi connectivity index (χ4v) is 3.69. The first-order valence-corrected chi connectivity index (χ1v) is 8.02. The molecule has 3 heterocycles. The number of fused-ring (bicyclic) bond motifs is 10. The van der Waals surface area contributed by atoms with Crippen LogP contribution in [0.25, 0.3) is 49.5 Å². The van der Waals surface area contributed by atoms with Gasteiger partial charge in [-0.05, 0) is 23.6 Å². The third-order valence-electron chi connectivity index (χ3n) is 4.75. The molecular formula is C21H10FIrN2O-. The molecule has 0 aliphatic rings. The summed E-state index contributed by atoms with van der Waals surface area (Å²) in [6.45, 7) is 0. The van der Waals surface area contributed by atoms with Gasteiger partial charge in [0.05, 0.1) is 5.65 Å². The van der Waals surface area contributed by atoms with E-state index in [9.17, 15) is 4.39 Å². The van der Waals surface area contributed by atoms with E-state index in [1.54, 1.807) is 6.07 Å². The van der Waals surface area contributed by atoms with Crippen LogP contribution in [0.2, 0.25) is 0 Å². The summed E-state index contributed by atoms with van der Waals surface area (Å²) in [6, 6.07) is 21.7. The summed E-state index contributed by atoms with van der Waals surface area (Å²) >= 11 is 0. The summed E-state index contributed by atoms with van der Waals surface area (Å²) < 4.78 is 21.9. The minimum absolute atomic E-state index is 0. The van der Waals surface area contributed by atoms with Crippen LogP contribution < -0.4 is 0 Å². The molecule has 5 heteroatoms. The molecule has 0 fully saturated rings. The molecule has 0 atom stereocenters. The van der Waals surface area contributed by atoms with E-state index < -0.39 is 0 Å². The van der Waals surface area contributed by atoms with E-state index in [0.29, 0.717) is 5.71 Å². The van der Waals surface area contributed by atoms with Gasteiger partial charge < -0.3 is 8.82 Å². The molecule has 3 aromatic carbocycles. The van der Waals surface area contributed by atoms with Crippen LogP contribution in [-0.2, 0) is 20.1 Å². The summed E-state index contributed by atoms with van der Waals surface area (Å²) in [6.07, 6.45) is 0. The number of para-hydroxylation sites is 2. The van der Waals surface area contributed by atoms with Crippen molar-refractivity contribution in [1.29, 1.82) is 0 Å². The van der Waals surface area contributed by atoms with Crippen molar-refractivity contribution in [3.63, 3.8) is 0 Å². The molecule has 0 aliphatic carbocycles. The van der Waals surface area contributed by atoms with Crippen LogP contribution in [0, 0.1) is 11.9 Å². The van der Waals surface area contributed by atoms with Gasteiger partial charge in [0.1, 0.15) is 11.1 Å². The van der Waals surface area contributed by atoms with Crippen molar-refractivity contribution in [3.8, 4) is 0 Å². The third kappa shape index (κ3) is 1.87. The van der Waals surface area contributed by atoms with Crippen LogP contribution in [-0.4, -0.2) is 9.38 Å². The average Bonchev–Trinajstić information content (AvgIpc) is 3.18. The molecule has 0 saturated heterocycles. The fourth-order valence-electron chi connectivity index (χ4n) is 3.69. The fraction of sp³-hybridized carbons (Fsp3) is 0. The Bertz CT molecular complexity index is 1470. The molecule has 127 valence electrons. The van der Waals surface area contributed by atoms with Crippen LogP contribution in [0.3, 0.4) is 0 Å². The number of pyridine rings is 1. The van der Waals surface area contributed by atoms with E-state index in [1.165, 1.54) is 6.07 Å². The zero-order valence-corrected chi connectivity index (χ0v) is 15.7. The summed E-state index contributed by atoms with van der Waals surface area (Å²) in [4.78, 5) is 4.83. The summed E-state index contributed by atoms with van der Waals surface area (Å²) in [5.74, 6) is -0.303. The molecule has 1 radical (unpaired) electrons. The summed E-state index contributed by atoms with van der Waals surface area (Å²) in [5, 5.41) is 3.51. The molecule has 3 aromatic heterocycles. The molecule has 0 spiro atoms. The van der Waals surface area contributed by atoms with Crippen molar-refractivity contribution in [2.24, 2.45) is 0 Å². The Kier molecular flexibility index (Phi) is 3.20. The number of imidazole rings is 1. The van der Waals surface area contributed by atoms with E-state index in [4.69, 9.17) is 9.40 Å². The molecule has 0 unspecified atom stereocenters. The molecule has 0 aliphatic heterocycles. The van der Waals surface area contributed by atoms with Crippen LogP contribution in [0.4, 0.5) is 4.39 Å². The Morgan fingerprint density at radius 3 is 2.62 bits per heavy atom. The second kappa shape index (κ2) is 5.37. The largest absolute Gasteiger partial charge is 0.438 e. The first-order valence-electron chi connectivity index (χ1n) is 8.02. The second-order valence-corrected chi connectivity index (χ2v) is 6.15. The van der Waals surface area contributed by atoms with E-state index in [1.807, 2.05) is 52.9 Å². The smallest absolute Gasteiger partial charge is 0.223 e. The van der Waals surface area contributed by atoms with Gasteiger partial charge in [-0.15, -0.1) is 18.2 Å². The Balaban J connectivity index is 0.00000150. The molecule has 0 N–H and O–H groups in total. The van der Waals surface area contributed by atoms with Gasteiger partial charge in [0.2, 0.25) is 5.71 Å². The maximum atomic E-state index is 13.8. The van der Waals surface area contributed by atoms with E-state index in [-0.39, 0.29) is 25.9 Å². The van der Waals surface area contributed by atoms with Crippen LogP contribution in [0.5, 0.6) is 0 Å². The van der Waals surface area contributed by atoms with Crippen molar-refractivity contribution in [3.05, 3.63) is 72.5 Å². The molecule has 0 amide bonds. The van der Waals surface area contributed by atoms with Gasteiger partial charge in [0.25, 0.3) is 0 Å². The number of rotatable bonds is 0. The van der Waals surface area contributed by atoms with E-state index >= 15 is 0 Å². The minimum Gasteiger partial charge on any atom is -0.438 e. The average molecular weight is 518 g/mol. The quantitative estimate of drug-likeness (QED) is 0.197. The Morgan fingerprint density at radius 2 is 1.73 bits per heavy atom. The van der Waals surface area contributed by atoms with Gasteiger partial charge in [-0.25, -0.2) is 0 Å². The molecule has 0 bridgehead atoms. The minimum atomic E-state index is -0.303. The van der Waals surface area contributed by atoms with Gasteiger partial charge in [-0.2, -0.15) is 0 Å². The van der Waals surface area contributed by atoms with Crippen LogP contribution in [0.1, 0.15) is 0 Å². The maximum Gasteiger partial charge on any atom is 0.223 e. The van der Waals surface area contributed by atoms with Gasteiger partial charge in [-0.3, -0.25) is 9.37 Å². The van der Waals surface area contributed by atoms with Crippen LogP contribution in [0.15, 0.2) is 65.1 Å². The van der Waals surface area contributed by atoms with Crippen molar-refractivity contribution in [2.45, 2.75) is 0 Å². The standard InChI is InChI=1S/C21H10FN2O.Ir/c22-12-9-10-14-16(11-12)13-5-1-3-7-17(13)24-20(14)23-19-15-6-2-4-8-18(15)25-21(19)24;/h1-9,11H;/q-1;. The molecule has 3 nitrogen and oxygen atoms in total. The Hall–Kier alpha value is -2.75. The number of halogens is 1. The molecule has 6 rings (SSSR count). The molecule has 6 aromatic rings. The monoisotopic (exact) mass is 518 g/mol. The van der Waals surface area contributed by atoms with Gasteiger partial charge in [0, 0.05) is 36.8 Å². The summed E-state index contributed by atoms with van der Waals surface area (Å²) in [5.41, 5.74) is 3.98. The number of benzene rings is 3. The number of nitrogens with zero attached hydrogens (tertiary/aromatic N) is 2. The number of hydrogen-bond donors (Lipinski definition) is 0. The van der Waals surface area contributed by atoms with Crippen molar-refractivity contribution in [1.82, 2.24) is 9.38 Å². The molecule has 0 saturated carbocycles. The third-order valence-corrected chi connectivity index (χ3v) is 4.75. The maximum absolute atomic E-state index is 13.8. The topological polar surface area (TPSA) is 30.4 Å². The van der Waals surface area contributed by atoms with Crippen molar-refractivity contribution < 1.29 is 28.9 Å². The first kappa shape index (κ1) is 15.5. The Labute approximate surface area is 160 Å². The number of aromatic nitrogens is 2. The summed E-state index contributed by atoms with van der Waals surface area (Å²) in [7, 11) is 0. The molecule has 26 heavy (non-hydrogen) atoms. The van der Waals surface area contributed by atoms with Crippen molar-refractivity contribution in [2.75, 3.05) is 0 Å². The zero-order chi connectivity index (χ0) is 16.5. The second-order valence-electron chi connectivity index (χ2n) is 6.15. The van der Waals surface area contributed by atoms with Crippen molar-refractivity contribution >= 4 is 49.5 Å². The van der Waals surface area contributed by atoms with Gasteiger partial charge in [-0.1, -0.05) is 41.1 Å². The number of hydrogen-bond acceptors (Lipinski definition) is 2. The number of furan rings is 1. The van der Waals surface area contributed by atoms with E-state index in [2.05, 4.69) is 6.07 Å². The predicted molar refractivity (Wildman–Crippen MR) is 96.3 cm³/mol. The van der Waals surface area contributed by atoms with Gasteiger partial charge >= 0.3 is 0 Å². The molecular weight excluding hydrogens is 507 g/mol. The van der Waals surface area contributed by atoms with E-state index in [0.717, 1.165) is 43.8 Å². The van der Waals surface area contributed by atoms with Gasteiger partial charge in [0.15, 0.2) is 0 Å². The Morgan fingerprint density at radius 1 is 0.962 bits per heavy atom. The van der Waals surface area contributed by atoms with Crippen LogP contribution >= 0.6 is 0 Å². The first-order chi connectivity index (χ1) is 12.3. The zero-order valence-electron chi connectivity index (χ0n) is 13.3.